The predicted molar refractivity (Wildman–Crippen MR) is 71.4 cm³/mol. The number of nitrogens with one attached hydrogen (secondary N) is 1. The van der Waals surface area contributed by atoms with Gasteiger partial charge in [0.2, 0.25) is 0 Å². The maximum absolute atomic E-state index is 13.6. The van der Waals surface area contributed by atoms with Gasteiger partial charge in [0.1, 0.15) is 0 Å². The van der Waals surface area contributed by atoms with Crippen LogP contribution in [-0.4, -0.2) is 38.6 Å². The lowest BCUT2D eigenvalue weighted by Gasteiger charge is -2.16. The number of methoxy groups -OCH3 is 1. The average molecular weight is 283 g/mol. The van der Waals surface area contributed by atoms with Crippen molar-refractivity contribution in [2.24, 2.45) is 0 Å². The Balaban J connectivity index is 2.59. The zero-order valence-electron chi connectivity index (χ0n) is 11.5. The zero-order valence-corrected chi connectivity index (χ0v) is 11.5. The number of rotatable bonds is 8. The van der Waals surface area contributed by atoms with Crippen molar-refractivity contribution in [3.05, 3.63) is 29.6 Å². The number of para-hydroxylation sites is 1. The second-order valence-electron chi connectivity index (χ2n) is 4.17. The molecule has 5 nitrogen and oxygen atoms in total. The third-order valence-electron chi connectivity index (χ3n) is 2.61. The van der Waals surface area contributed by atoms with E-state index in [4.69, 9.17) is 9.47 Å². The summed E-state index contributed by atoms with van der Waals surface area (Å²) in [6.07, 6.45) is 0.267. The van der Waals surface area contributed by atoms with Crippen molar-refractivity contribution in [1.29, 1.82) is 0 Å². The van der Waals surface area contributed by atoms with E-state index < -0.39 is 11.9 Å². The third-order valence-corrected chi connectivity index (χ3v) is 2.61. The van der Waals surface area contributed by atoms with Crippen molar-refractivity contribution in [1.82, 2.24) is 5.32 Å². The molecular weight excluding hydrogens is 265 g/mol. The summed E-state index contributed by atoms with van der Waals surface area (Å²) < 4.78 is 23.7. The normalized spacial score (nSPS) is 11.8. The van der Waals surface area contributed by atoms with Gasteiger partial charge in [0.25, 0.3) is 5.91 Å². The smallest absolute Gasteiger partial charge is 0.260 e. The van der Waals surface area contributed by atoms with Gasteiger partial charge in [0, 0.05) is 20.3 Å². The van der Waals surface area contributed by atoms with Gasteiger partial charge >= 0.3 is 0 Å². The number of carbonyl (C=O) groups excluding carboxylic acids is 2. The summed E-state index contributed by atoms with van der Waals surface area (Å²) in [4.78, 5) is 22.5. The standard InChI is InChI=1S/C14H18FNO4/c1-10(14(18)16-7-4-8-19-2)20-13-11(9-17)5-3-6-12(13)15/h3,5-6,9-10H,4,7-8H2,1-2H3,(H,16,18). The highest BCUT2D eigenvalue weighted by molar-refractivity contribution is 5.82. The SMILES string of the molecule is COCCCNC(=O)C(C)Oc1c(F)cccc1C=O. The molecule has 0 aliphatic heterocycles. The van der Waals surface area contributed by atoms with Crippen LogP contribution in [0, 0.1) is 5.82 Å². The van der Waals surface area contributed by atoms with E-state index in [9.17, 15) is 14.0 Å². The van der Waals surface area contributed by atoms with Gasteiger partial charge in [-0.3, -0.25) is 9.59 Å². The van der Waals surface area contributed by atoms with Gasteiger partial charge in [-0.25, -0.2) is 4.39 Å². The van der Waals surface area contributed by atoms with Crippen LogP contribution in [0.15, 0.2) is 18.2 Å². The van der Waals surface area contributed by atoms with E-state index in [-0.39, 0.29) is 17.2 Å². The van der Waals surface area contributed by atoms with Gasteiger partial charge in [0.05, 0.1) is 5.56 Å². The Morgan fingerprint density at radius 1 is 1.50 bits per heavy atom. The first-order valence-electron chi connectivity index (χ1n) is 6.27. The van der Waals surface area contributed by atoms with Gasteiger partial charge in [-0.05, 0) is 25.5 Å². The van der Waals surface area contributed by atoms with Gasteiger partial charge in [-0.2, -0.15) is 0 Å². The first kappa shape index (κ1) is 16.1. The summed E-state index contributed by atoms with van der Waals surface area (Å²) in [6, 6.07) is 4.00. The predicted octanol–water partition coefficient (Wildman–Crippen LogP) is 1.56. The van der Waals surface area contributed by atoms with Crippen LogP contribution >= 0.6 is 0 Å². The fourth-order valence-corrected chi connectivity index (χ4v) is 1.54. The van der Waals surface area contributed by atoms with Crippen LogP contribution in [-0.2, 0) is 9.53 Å². The van der Waals surface area contributed by atoms with E-state index in [2.05, 4.69) is 5.32 Å². The highest BCUT2D eigenvalue weighted by atomic mass is 19.1. The molecule has 1 amide bonds. The number of halogens is 1. The fraction of sp³-hybridized carbons (Fsp3) is 0.429. The van der Waals surface area contributed by atoms with Crippen molar-refractivity contribution in [2.45, 2.75) is 19.4 Å². The highest BCUT2D eigenvalue weighted by Gasteiger charge is 2.18. The van der Waals surface area contributed by atoms with Crippen molar-refractivity contribution < 1.29 is 23.5 Å². The lowest BCUT2D eigenvalue weighted by Crippen LogP contribution is -2.37. The van der Waals surface area contributed by atoms with E-state index in [1.807, 2.05) is 0 Å². The van der Waals surface area contributed by atoms with Crippen LogP contribution in [0.25, 0.3) is 0 Å². The minimum Gasteiger partial charge on any atom is -0.477 e. The highest BCUT2D eigenvalue weighted by Crippen LogP contribution is 2.22. The lowest BCUT2D eigenvalue weighted by molar-refractivity contribution is -0.127. The van der Waals surface area contributed by atoms with Gasteiger partial charge < -0.3 is 14.8 Å². The average Bonchev–Trinajstić information content (AvgIpc) is 2.45. The Hall–Kier alpha value is -1.95. The molecule has 0 radical (unpaired) electrons. The molecule has 1 unspecified atom stereocenters. The Kier molecular flexibility index (Phi) is 6.66. The topological polar surface area (TPSA) is 64.6 Å². The minimum absolute atomic E-state index is 0.0732. The molecule has 1 aromatic rings. The number of benzene rings is 1. The molecule has 1 atom stereocenters. The quantitative estimate of drug-likeness (QED) is 0.581. The Labute approximate surface area is 117 Å². The van der Waals surface area contributed by atoms with Crippen LogP contribution in [0.1, 0.15) is 23.7 Å². The molecule has 1 rings (SSSR count). The number of hydrogen-bond acceptors (Lipinski definition) is 4. The lowest BCUT2D eigenvalue weighted by atomic mass is 10.2. The summed E-state index contributed by atoms with van der Waals surface area (Å²) in [7, 11) is 1.58. The molecule has 0 fully saturated rings. The van der Waals surface area contributed by atoms with Crippen LogP contribution in [0.2, 0.25) is 0 Å². The largest absolute Gasteiger partial charge is 0.477 e. The Morgan fingerprint density at radius 3 is 2.90 bits per heavy atom. The first-order chi connectivity index (χ1) is 9.60. The molecule has 6 heteroatoms. The number of carbonyl (C=O) groups is 2. The van der Waals surface area contributed by atoms with E-state index in [0.29, 0.717) is 25.9 Å². The first-order valence-corrected chi connectivity index (χ1v) is 6.27. The van der Waals surface area contributed by atoms with Crippen LogP contribution < -0.4 is 10.1 Å². The maximum Gasteiger partial charge on any atom is 0.260 e. The molecule has 0 heterocycles. The molecule has 0 bridgehead atoms. The number of ether oxygens (including phenoxy) is 2. The number of hydrogen-bond donors (Lipinski definition) is 1. The monoisotopic (exact) mass is 283 g/mol. The van der Waals surface area contributed by atoms with Crippen molar-refractivity contribution in [3.8, 4) is 5.75 Å². The molecule has 20 heavy (non-hydrogen) atoms. The molecule has 1 aromatic carbocycles. The van der Waals surface area contributed by atoms with Crippen LogP contribution in [0.4, 0.5) is 4.39 Å². The summed E-state index contributed by atoms with van der Waals surface area (Å²) in [5, 5.41) is 2.64. The molecule has 0 aliphatic carbocycles. The molecule has 0 saturated carbocycles. The van der Waals surface area contributed by atoms with Crippen molar-refractivity contribution in [2.75, 3.05) is 20.3 Å². The zero-order chi connectivity index (χ0) is 15.0. The summed E-state index contributed by atoms with van der Waals surface area (Å²) >= 11 is 0. The maximum atomic E-state index is 13.6. The van der Waals surface area contributed by atoms with E-state index in [1.165, 1.54) is 25.1 Å². The van der Waals surface area contributed by atoms with Crippen molar-refractivity contribution in [3.63, 3.8) is 0 Å². The van der Waals surface area contributed by atoms with Crippen LogP contribution in [0.3, 0.4) is 0 Å². The van der Waals surface area contributed by atoms with Gasteiger partial charge in [-0.15, -0.1) is 0 Å². The molecule has 110 valence electrons. The molecular formula is C14H18FNO4. The van der Waals surface area contributed by atoms with E-state index >= 15 is 0 Å². The molecule has 0 aromatic heterocycles. The summed E-state index contributed by atoms with van der Waals surface area (Å²) in [6.45, 7) is 2.48. The fourth-order valence-electron chi connectivity index (χ4n) is 1.54. The molecule has 0 saturated heterocycles. The van der Waals surface area contributed by atoms with Crippen molar-refractivity contribution >= 4 is 12.2 Å². The number of amides is 1. The van der Waals surface area contributed by atoms with Crippen LogP contribution in [0.5, 0.6) is 5.75 Å². The van der Waals surface area contributed by atoms with E-state index in [1.54, 1.807) is 7.11 Å². The Bertz CT molecular complexity index is 464. The summed E-state index contributed by atoms with van der Waals surface area (Å²) in [5.74, 6) is -1.25. The van der Waals surface area contributed by atoms with E-state index in [0.717, 1.165) is 0 Å². The molecule has 1 N–H and O–H groups in total. The second-order valence-corrected chi connectivity index (χ2v) is 4.17. The van der Waals surface area contributed by atoms with Gasteiger partial charge in [-0.1, -0.05) is 6.07 Å². The Morgan fingerprint density at radius 2 is 2.25 bits per heavy atom. The molecule has 0 spiro atoms. The third kappa shape index (κ3) is 4.62. The minimum atomic E-state index is -0.895. The number of aldehydes is 1. The van der Waals surface area contributed by atoms with Gasteiger partial charge in [0.15, 0.2) is 24.0 Å². The second kappa shape index (κ2) is 8.27. The molecule has 0 aliphatic rings. The summed E-state index contributed by atoms with van der Waals surface area (Å²) in [5.41, 5.74) is 0.0732.